The number of aromatic carboxylic acids is 2. The summed E-state index contributed by atoms with van der Waals surface area (Å²) in [5.41, 5.74) is 2.60. The van der Waals surface area contributed by atoms with Crippen LogP contribution in [-0.4, -0.2) is 22.2 Å². The van der Waals surface area contributed by atoms with Crippen molar-refractivity contribution in [1.82, 2.24) is 0 Å². The van der Waals surface area contributed by atoms with Crippen molar-refractivity contribution in [2.75, 3.05) is 0 Å². The summed E-state index contributed by atoms with van der Waals surface area (Å²) in [5.74, 6) is -2.13. The van der Waals surface area contributed by atoms with Crippen molar-refractivity contribution in [2.24, 2.45) is 0 Å². The second-order valence-corrected chi connectivity index (χ2v) is 4.59. The fourth-order valence-corrected chi connectivity index (χ4v) is 2.22. The molecule has 2 N–H and O–H groups in total. The van der Waals surface area contributed by atoms with Crippen LogP contribution in [0, 0.1) is 13.8 Å². The van der Waals surface area contributed by atoms with Crippen molar-refractivity contribution in [3.63, 3.8) is 0 Å². The second-order valence-electron chi connectivity index (χ2n) is 4.59. The van der Waals surface area contributed by atoms with Gasteiger partial charge in [-0.25, -0.2) is 9.59 Å². The average molecular weight is 270 g/mol. The highest BCUT2D eigenvalue weighted by atomic mass is 16.4. The zero-order chi connectivity index (χ0) is 14.9. The molecule has 0 heterocycles. The van der Waals surface area contributed by atoms with Gasteiger partial charge in [0.1, 0.15) is 0 Å². The van der Waals surface area contributed by atoms with E-state index in [-0.39, 0.29) is 11.1 Å². The third-order valence-electron chi connectivity index (χ3n) is 3.40. The van der Waals surface area contributed by atoms with Gasteiger partial charge in [0, 0.05) is 0 Å². The van der Waals surface area contributed by atoms with Gasteiger partial charge in [0.05, 0.1) is 11.1 Å². The highest BCUT2D eigenvalue weighted by Crippen LogP contribution is 2.30. The molecule has 0 amide bonds. The molecular weight excluding hydrogens is 256 g/mol. The normalized spacial score (nSPS) is 10.3. The van der Waals surface area contributed by atoms with Gasteiger partial charge in [0.2, 0.25) is 0 Å². The lowest BCUT2D eigenvalue weighted by atomic mass is 9.90. The second kappa shape index (κ2) is 5.17. The van der Waals surface area contributed by atoms with E-state index in [1.165, 1.54) is 6.07 Å². The first-order valence-electron chi connectivity index (χ1n) is 6.09. The van der Waals surface area contributed by atoms with Crippen LogP contribution < -0.4 is 0 Å². The Balaban J connectivity index is 2.81. The predicted octanol–water partition coefficient (Wildman–Crippen LogP) is 3.37. The van der Waals surface area contributed by atoms with Crippen molar-refractivity contribution in [3.05, 3.63) is 58.7 Å². The number of hydrogen-bond donors (Lipinski definition) is 2. The largest absolute Gasteiger partial charge is 0.478 e. The summed E-state index contributed by atoms with van der Waals surface area (Å²) >= 11 is 0. The van der Waals surface area contributed by atoms with Crippen molar-refractivity contribution < 1.29 is 19.8 Å². The molecule has 0 aromatic heterocycles. The minimum absolute atomic E-state index is 0.0956. The first-order chi connectivity index (χ1) is 9.43. The highest BCUT2D eigenvalue weighted by molar-refractivity contribution is 6.03. The average Bonchev–Trinajstić information content (AvgIpc) is 2.41. The lowest BCUT2D eigenvalue weighted by Crippen LogP contribution is -2.07. The molecule has 4 heteroatoms. The SMILES string of the molecule is Cc1ccc(-c2ccccc2C(=O)O)c(C(=O)O)c1C. The van der Waals surface area contributed by atoms with E-state index in [1.54, 1.807) is 37.3 Å². The Morgan fingerprint density at radius 3 is 2.10 bits per heavy atom. The molecule has 0 unspecified atom stereocenters. The van der Waals surface area contributed by atoms with Crippen LogP contribution in [0.5, 0.6) is 0 Å². The van der Waals surface area contributed by atoms with Crippen LogP contribution in [-0.2, 0) is 0 Å². The molecule has 2 rings (SSSR count). The molecule has 0 spiro atoms. The first kappa shape index (κ1) is 13.8. The van der Waals surface area contributed by atoms with E-state index in [9.17, 15) is 19.8 Å². The zero-order valence-electron chi connectivity index (χ0n) is 11.2. The Labute approximate surface area is 116 Å². The van der Waals surface area contributed by atoms with E-state index in [2.05, 4.69) is 0 Å². The fraction of sp³-hybridized carbons (Fsp3) is 0.125. The smallest absolute Gasteiger partial charge is 0.336 e. The highest BCUT2D eigenvalue weighted by Gasteiger charge is 2.19. The van der Waals surface area contributed by atoms with Gasteiger partial charge >= 0.3 is 11.9 Å². The quantitative estimate of drug-likeness (QED) is 0.896. The molecule has 0 aliphatic heterocycles. The predicted molar refractivity (Wildman–Crippen MR) is 75.3 cm³/mol. The van der Waals surface area contributed by atoms with E-state index < -0.39 is 11.9 Å². The van der Waals surface area contributed by atoms with Gasteiger partial charge in [-0.3, -0.25) is 0 Å². The maximum atomic E-state index is 11.5. The van der Waals surface area contributed by atoms with Crippen LogP contribution >= 0.6 is 0 Å². The summed E-state index contributed by atoms with van der Waals surface area (Å²) in [7, 11) is 0. The first-order valence-corrected chi connectivity index (χ1v) is 6.09. The molecule has 0 saturated carbocycles. The Morgan fingerprint density at radius 1 is 0.850 bits per heavy atom. The molecule has 0 saturated heterocycles. The molecular formula is C16H14O4. The standard InChI is InChI=1S/C16H14O4/c1-9-7-8-12(14(10(9)2)16(19)20)11-5-3-4-6-13(11)15(17)18/h3-8H,1-2H3,(H,17,18)(H,19,20). The number of carboxylic acids is 2. The molecule has 0 aliphatic rings. The summed E-state index contributed by atoms with van der Waals surface area (Å²) in [5, 5.41) is 18.6. The van der Waals surface area contributed by atoms with E-state index in [0.29, 0.717) is 16.7 Å². The Bertz CT molecular complexity index is 702. The third-order valence-corrected chi connectivity index (χ3v) is 3.40. The minimum Gasteiger partial charge on any atom is -0.478 e. The van der Waals surface area contributed by atoms with Gasteiger partial charge in [-0.05, 0) is 42.2 Å². The van der Waals surface area contributed by atoms with Gasteiger partial charge in [0.15, 0.2) is 0 Å². The Hall–Kier alpha value is -2.62. The van der Waals surface area contributed by atoms with Crippen LogP contribution in [0.1, 0.15) is 31.8 Å². The van der Waals surface area contributed by atoms with Gasteiger partial charge in [-0.2, -0.15) is 0 Å². The van der Waals surface area contributed by atoms with Crippen LogP contribution in [0.2, 0.25) is 0 Å². The number of hydrogen-bond acceptors (Lipinski definition) is 2. The lowest BCUT2D eigenvalue weighted by Gasteiger charge is -2.13. The van der Waals surface area contributed by atoms with E-state index >= 15 is 0 Å². The zero-order valence-corrected chi connectivity index (χ0v) is 11.2. The fourth-order valence-electron chi connectivity index (χ4n) is 2.22. The van der Waals surface area contributed by atoms with Crippen molar-refractivity contribution >= 4 is 11.9 Å². The van der Waals surface area contributed by atoms with Crippen molar-refractivity contribution in [1.29, 1.82) is 0 Å². The molecule has 102 valence electrons. The molecule has 20 heavy (non-hydrogen) atoms. The number of carbonyl (C=O) groups is 2. The Kier molecular flexibility index (Phi) is 3.57. The number of aryl methyl sites for hydroxylation is 1. The molecule has 0 radical (unpaired) electrons. The molecule has 2 aromatic carbocycles. The molecule has 0 atom stereocenters. The molecule has 2 aromatic rings. The van der Waals surface area contributed by atoms with Crippen LogP contribution in [0.4, 0.5) is 0 Å². The molecule has 0 aliphatic carbocycles. The summed E-state index contributed by atoms with van der Waals surface area (Å²) in [4.78, 5) is 22.8. The summed E-state index contributed by atoms with van der Waals surface area (Å²) in [6.07, 6.45) is 0. The van der Waals surface area contributed by atoms with E-state index in [1.807, 2.05) is 6.92 Å². The monoisotopic (exact) mass is 270 g/mol. The lowest BCUT2D eigenvalue weighted by molar-refractivity contribution is 0.0684. The van der Waals surface area contributed by atoms with E-state index in [4.69, 9.17) is 0 Å². The minimum atomic E-state index is -1.07. The number of carboxylic acid groups (broad SMARTS) is 2. The summed E-state index contributed by atoms with van der Waals surface area (Å²) in [6, 6.07) is 9.87. The van der Waals surface area contributed by atoms with Crippen LogP contribution in [0.25, 0.3) is 11.1 Å². The van der Waals surface area contributed by atoms with Gasteiger partial charge in [-0.1, -0.05) is 30.3 Å². The number of rotatable bonds is 3. The third kappa shape index (κ3) is 2.28. The van der Waals surface area contributed by atoms with Crippen LogP contribution in [0.3, 0.4) is 0 Å². The summed E-state index contributed by atoms with van der Waals surface area (Å²) in [6.45, 7) is 3.56. The van der Waals surface area contributed by atoms with Gasteiger partial charge in [-0.15, -0.1) is 0 Å². The van der Waals surface area contributed by atoms with Gasteiger partial charge in [0.25, 0.3) is 0 Å². The van der Waals surface area contributed by atoms with E-state index in [0.717, 1.165) is 5.56 Å². The maximum Gasteiger partial charge on any atom is 0.336 e. The molecule has 4 nitrogen and oxygen atoms in total. The summed E-state index contributed by atoms with van der Waals surface area (Å²) < 4.78 is 0. The van der Waals surface area contributed by atoms with Crippen LogP contribution in [0.15, 0.2) is 36.4 Å². The molecule has 0 fully saturated rings. The maximum absolute atomic E-state index is 11.5. The Morgan fingerprint density at radius 2 is 1.50 bits per heavy atom. The number of benzene rings is 2. The van der Waals surface area contributed by atoms with Crippen molar-refractivity contribution in [3.8, 4) is 11.1 Å². The van der Waals surface area contributed by atoms with Crippen molar-refractivity contribution in [2.45, 2.75) is 13.8 Å². The topological polar surface area (TPSA) is 74.6 Å². The molecule has 0 bridgehead atoms. The van der Waals surface area contributed by atoms with Gasteiger partial charge < -0.3 is 10.2 Å².